The Labute approximate surface area is 71.9 Å². The first-order chi connectivity index (χ1) is 5.59. The molecule has 1 rings (SSSR count). The number of phenolic OH excluding ortho intramolecular Hbond substituents is 2. The summed E-state index contributed by atoms with van der Waals surface area (Å²) in [5.74, 6) is 0.408. The van der Waals surface area contributed by atoms with Gasteiger partial charge in [-0.3, -0.25) is 0 Å². The minimum atomic E-state index is 0.185. The number of hydrogen-bond acceptors (Lipinski definition) is 3. The zero-order valence-corrected chi connectivity index (χ0v) is 7.28. The van der Waals surface area contributed by atoms with Crippen LogP contribution in [-0.4, -0.2) is 29.2 Å². The summed E-state index contributed by atoms with van der Waals surface area (Å²) in [6.45, 7) is 0.625. The average molecular weight is 167 g/mol. The van der Waals surface area contributed by atoms with E-state index in [1.807, 2.05) is 19.0 Å². The molecule has 0 amide bonds. The maximum atomic E-state index is 9.35. The van der Waals surface area contributed by atoms with Crippen molar-refractivity contribution in [2.24, 2.45) is 0 Å². The fourth-order valence-electron chi connectivity index (χ4n) is 1.04. The van der Waals surface area contributed by atoms with Gasteiger partial charge >= 0.3 is 0 Å². The fraction of sp³-hybridized carbons (Fsp3) is 0.333. The van der Waals surface area contributed by atoms with Crippen LogP contribution in [0.3, 0.4) is 0 Å². The minimum absolute atomic E-state index is 0.185. The van der Waals surface area contributed by atoms with E-state index >= 15 is 0 Å². The Morgan fingerprint density at radius 2 is 1.92 bits per heavy atom. The Morgan fingerprint density at radius 1 is 1.25 bits per heavy atom. The second-order valence-corrected chi connectivity index (χ2v) is 3.05. The standard InChI is InChI=1S/C9H13NO2/c1-10(2)6-7-5-8(11)3-4-9(7)12/h3-5,11-12H,6H2,1-2H3. The number of benzene rings is 1. The molecule has 1 aromatic carbocycles. The normalized spacial score (nSPS) is 10.6. The number of aromatic hydroxyl groups is 2. The van der Waals surface area contributed by atoms with E-state index in [0.29, 0.717) is 6.54 Å². The van der Waals surface area contributed by atoms with Crippen LogP contribution in [0, 0.1) is 0 Å². The number of rotatable bonds is 2. The molecule has 0 heterocycles. The maximum Gasteiger partial charge on any atom is 0.120 e. The third-order valence-corrected chi connectivity index (χ3v) is 1.55. The molecule has 1 aromatic rings. The number of hydrogen-bond donors (Lipinski definition) is 2. The molecule has 0 fully saturated rings. The Kier molecular flexibility index (Phi) is 2.55. The lowest BCUT2D eigenvalue weighted by molar-refractivity contribution is 0.383. The molecule has 0 radical (unpaired) electrons. The van der Waals surface area contributed by atoms with Gasteiger partial charge in [0.25, 0.3) is 0 Å². The van der Waals surface area contributed by atoms with Crippen LogP contribution in [0.25, 0.3) is 0 Å². The summed E-state index contributed by atoms with van der Waals surface area (Å²) in [7, 11) is 3.81. The Bertz CT molecular complexity index is 271. The second kappa shape index (κ2) is 3.45. The topological polar surface area (TPSA) is 43.7 Å². The van der Waals surface area contributed by atoms with Crippen molar-refractivity contribution in [3.05, 3.63) is 23.8 Å². The second-order valence-electron chi connectivity index (χ2n) is 3.05. The molecule has 2 N–H and O–H groups in total. The SMILES string of the molecule is CN(C)Cc1cc(O)ccc1O. The van der Waals surface area contributed by atoms with E-state index < -0.39 is 0 Å². The van der Waals surface area contributed by atoms with E-state index in [-0.39, 0.29) is 11.5 Å². The van der Waals surface area contributed by atoms with Gasteiger partial charge in [0.1, 0.15) is 11.5 Å². The number of nitrogens with zero attached hydrogens (tertiary/aromatic N) is 1. The largest absolute Gasteiger partial charge is 0.508 e. The van der Waals surface area contributed by atoms with Crippen LogP contribution in [0.5, 0.6) is 11.5 Å². The first-order valence-corrected chi connectivity index (χ1v) is 3.75. The summed E-state index contributed by atoms with van der Waals surface area (Å²) in [5, 5.41) is 18.5. The predicted molar refractivity (Wildman–Crippen MR) is 47.2 cm³/mol. The van der Waals surface area contributed by atoms with Gasteiger partial charge in [0.2, 0.25) is 0 Å². The van der Waals surface area contributed by atoms with Crippen LogP contribution in [0.4, 0.5) is 0 Å². The van der Waals surface area contributed by atoms with Crippen molar-refractivity contribution < 1.29 is 10.2 Å². The molecule has 0 aromatic heterocycles. The van der Waals surface area contributed by atoms with E-state index in [1.54, 1.807) is 6.07 Å². The Hall–Kier alpha value is -1.22. The summed E-state index contributed by atoms with van der Waals surface area (Å²) in [4.78, 5) is 1.93. The van der Waals surface area contributed by atoms with Crippen molar-refractivity contribution >= 4 is 0 Å². The molecule has 0 saturated heterocycles. The third-order valence-electron chi connectivity index (χ3n) is 1.55. The van der Waals surface area contributed by atoms with Crippen LogP contribution < -0.4 is 0 Å². The molecular weight excluding hydrogens is 154 g/mol. The molecule has 0 aliphatic heterocycles. The van der Waals surface area contributed by atoms with E-state index in [4.69, 9.17) is 5.11 Å². The van der Waals surface area contributed by atoms with E-state index in [2.05, 4.69) is 0 Å². The van der Waals surface area contributed by atoms with Crippen LogP contribution in [-0.2, 0) is 6.54 Å². The molecule has 0 spiro atoms. The van der Waals surface area contributed by atoms with E-state index in [9.17, 15) is 5.11 Å². The minimum Gasteiger partial charge on any atom is -0.508 e. The van der Waals surface area contributed by atoms with Crippen molar-refractivity contribution in [1.82, 2.24) is 4.90 Å². The van der Waals surface area contributed by atoms with Gasteiger partial charge in [-0.2, -0.15) is 0 Å². The lowest BCUT2D eigenvalue weighted by Gasteiger charge is -2.10. The summed E-state index contributed by atoms with van der Waals surface area (Å²) in [5.41, 5.74) is 0.736. The van der Waals surface area contributed by atoms with E-state index in [0.717, 1.165) is 5.56 Å². The smallest absolute Gasteiger partial charge is 0.120 e. The lowest BCUT2D eigenvalue weighted by Crippen LogP contribution is -2.10. The van der Waals surface area contributed by atoms with Crippen LogP contribution >= 0.6 is 0 Å². The van der Waals surface area contributed by atoms with Crippen LogP contribution in [0.15, 0.2) is 18.2 Å². The fourth-order valence-corrected chi connectivity index (χ4v) is 1.04. The summed E-state index contributed by atoms with van der Waals surface area (Å²) >= 11 is 0. The molecule has 66 valence electrons. The van der Waals surface area contributed by atoms with Crippen molar-refractivity contribution in [3.8, 4) is 11.5 Å². The lowest BCUT2D eigenvalue weighted by atomic mass is 10.2. The first kappa shape index (κ1) is 8.87. The van der Waals surface area contributed by atoms with Crippen molar-refractivity contribution in [2.75, 3.05) is 14.1 Å². The molecule has 3 nitrogen and oxygen atoms in total. The van der Waals surface area contributed by atoms with Crippen molar-refractivity contribution in [1.29, 1.82) is 0 Å². The van der Waals surface area contributed by atoms with Gasteiger partial charge in [-0.25, -0.2) is 0 Å². The molecule has 0 bridgehead atoms. The molecule has 12 heavy (non-hydrogen) atoms. The van der Waals surface area contributed by atoms with Gasteiger partial charge in [0, 0.05) is 12.1 Å². The third kappa shape index (κ3) is 2.13. The molecule has 0 aliphatic carbocycles. The highest BCUT2D eigenvalue weighted by Gasteiger charge is 2.02. The zero-order valence-electron chi connectivity index (χ0n) is 7.28. The monoisotopic (exact) mass is 167 g/mol. The van der Waals surface area contributed by atoms with Gasteiger partial charge in [-0.05, 0) is 32.3 Å². The quantitative estimate of drug-likeness (QED) is 0.649. The molecule has 3 heteroatoms. The van der Waals surface area contributed by atoms with Crippen molar-refractivity contribution in [2.45, 2.75) is 6.54 Å². The summed E-state index contributed by atoms with van der Waals surface area (Å²) in [6.07, 6.45) is 0. The predicted octanol–water partition coefficient (Wildman–Crippen LogP) is 1.16. The van der Waals surface area contributed by atoms with Gasteiger partial charge in [0.15, 0.2) is 0 Å². The Balaban J connectivity index is 2.90. The average Bonchev–Trinajstić information content (AvgIpc) is 1.96. The molecule has 0 aliphatic rings. The van der Waals surface area contributed by atoms with Gasteiger partial charge in [-0.15, -0.1) is 0 Å². The molecule has 0 saturated carbocycles. The zero-order chi connectivity index (χ0) is 9.14. The molecule has 0 atom stereocenters. The Morgan fingerprint density at radius 3 is 2.50 bits per heavy atom. The highest BCUT2D eigenvalue weighted by Crippen LogP contribution is 2.22. The van der Waals surface area contributed by atoms with Gasteiger partial charge < -0.3 is 15.1 Å². The van der Waals surface area contributed by atoms with E-state index in [1.165, 1.54) is 12.1 Å². The van der Waals surface area contributed by atoms with Crippen LogP contribution in [0.2, 0.25) is 0 Å². The number of phenols is 2. The highest BCUT2D eigenvalue weighted by molar-refractivity contribution is 5.38. The van der Waals surface area contributed by atoms with Gasteiger partial charge in [-0.1, -0.05) is 0 Å². The van der Waals surface area contributed by atoms with Gasteiger partial charge in [0.05, 0.1) is 0 Å². The highest BCUT2D eigenvalue weighted by atomic mass is 16.3. The maximum absolute atomic E-state index is 9.35. The first-order valence-electron chi connectivity index (χ1n) is 3.75. The summed E-state index contributed by atoms with van der Waals surface area (Å²) in [6, 6.07) is 4.53. The van der Waals surface area contributed by atoms with Crippen molar-refractivity contribution in [3.63, 3.8) is 0 Å². The van der Waals surface area contributed by atoms with Crippen LogP contribution in [0.1, 0.15) is 5.56 Å². The molecular formula is C9H13NO2. The molecule has 0 unspecified atom stereocenters. The summed E-state index contributed by atoms with van der Waals surface area (Å²) < 4.78 is 0.